The van der Waals surface area contributed by atoms with Crippen LogP contribution in [0.15, 0.2) is 77.3 Å². The molecule has 0 radical (unpaired) electrons. The zero-order valence-corrected chi connectivity index (χ0v) is 22.4. The smallest absolute Gasteiger partial charge is 0.435 e. The molecular formula is C29H27F3N2O3S. The number of hydrogen-bond donors (Lipinski definition) is 1. The van der Waals surface area contributed by atoms with Crippen molar-refractivity contribution in [3.05, 3.63) is 105 Å². The van der Waals surface area contributed by atoms with E-state index in [0.29, 0.717) is 5.75 Å². The minimum atomic E-state index is -4.99. The van der Waals surface area contributed by atoms with E-state index in [1.807, 2.05) is 13.8 Å². The standard InChI is InChI=1S/C29H27F3N2O3S/c1-17-6-9-20(10-7-17)25(35)24-26(36)33-28(29(30,31)32,21-11-14-23(37-4)15-12-21)34(27(24)38-5)22-13-8-18(2)19(3)16-22/h6-16H,1-5H3,(H,33,36). The number of alkyl halides is 3. The first-order valence-corrected chi connectivity index (χ1v) is 13.0. The normalized spacial score (nSPS) is 17.9. The van der Waals surface area contributed by atoms with Crippen LogP contribution in [-0.2, 0) is 10.5 Å². The summed E-state index contributed by atoms with van der Waals surface area (Å²) in [6.45, 7) is 5.50. The summed E-state index contributed by atoms with van der Waals surface area (Å²) in [4.78, 5) is 28.2. The van der Waals surface area contributed by atoms with Gasteiger partial charge < -0.3 is 10.1 Å². The van der Waals surface area contributed by atoms with E-state index in [1.165, 1.54) is 31.4 Å². The predicted octanol–water partition coefficient (Wildman–Crippen LogP) is 6.43. The number of nitrogens with zero attached hydrogens (tertiary/aromatic N) is 1. The highest BCUT2D eigenvalue weighted by Gasteiger charge is 2.65. The van der Waals surface area contributed by atoms with E-state index in [1.54, 1.807) is 55.6 Å². The van der Waals surface area contributed by atoms with E-state index < -0.39 is 23.5 Å². The third-order valence-corrected chi connectivity index (χ3v) is 7.45. The molecule has 198 valence electrons. The molecule has 9 heteroatoms. The number of carbonyl (C=O) groups excluding carboxylic acids is 2. The van der Waals surface area contributed by atoms with Gasteiger partial charge in [0.1, 0.15) is 11.3 Å². The SMILES string of the molecule is COc1ccc(C2(C(F)(F)F)NC(=O)C(C(=O)c3ccc(C)cc3)=C(SC)N2c2ccc(C)c(C)c2)cc1. The van der Waals surface area contributed by atoms with Crippen LogP contribution >= 0.6 is 11.8 Å². The fraction of sp³-hybridized carbons (Fsp3) is 0.241. The number of halogens is 3. The van der Waals surface area contributed by atoms with E-state index >= 15 is 13.2 Å². The van der Waals surface area contributed by atoms with Gasteiger partial charge in [-0.15, -0.1) is 11.8 Å². The summed E-state index contributed by atoms with van der Waals surface area (Å²) in [5.41, 5.74) is -0.636. The van der Waals surface area contributed by atoms with Gasteiger partial charge in [0, 0.05) is 16.8 Å². The van der Waals surface area contributed by atoms with Crippen LogP contribution in [0.3, 0.4) is 0 Å². The van der Waals surface area contributed by atoms with Gasteiger partial charge in [0.25, 0.3) is 5.91 Å². The van der Waals surface area contributed by atoms with Crippen LogP contribution < -0.4 is 15.0 Å². The largest absolute Gasteiger partial charge is 0.497 e. The van der Waals surface area contributed by atoms with E-state index in [9.17, 15) is 9.59 Å². The first-order valence-electron chi connectivity index (χ1n) is 11.8. The van der Waals surface area contributed by atoms with Crippen molar-refractivity contribution in [3.63, 3.8) is 0 Å². The summed E-state index contributed by atoms with van der Waals surface area (Å²) < 4.78 is 51.2. The number of Topliss-reactive ketones (excluding diaryl/α,β-unsaturated/α-hetero) is 1. The number of rotatable bonds is 6. The molecule has 1 N–H and O–H groups in total. The van der Waals surface area contributed by atoms with Crippen molar-refractivity contribution in [2.75, 3.05) is 18.3 Å². The Morgan fingerprint density at radius 2 is 1.58 bits per heavy atom. The Balaban J connectivity index is 2.07. The fourth-order valence-corrected chi connectivity index (χ4v) is 5.27. The maximum absolute atomic E-state index is 15.4. The third-order valence-electron chi connectivity index (χ3n) is 6.67. The molecule has 0 saturated heterocycles. The van der Waals surface area contributed by atoms with Gasteiger partial charge in [-0.1, -0.05) is 48.0 Å². The Hall–Kier alpha value is -3.72. The zero-order valence-electron chi connectivity index (χ0n) is 21.6. The summed E-state index contributed by atoms with van der Waals surface area (Å²) in [7, 11) is 1.41. The number of ketones is 1. The second-order valence-electron chi connectivity index (χ2n) is 9.07. The van der Waals surface area contributed by atoms with Gasteiger partial charge in [0.05, 0.1) is 12.1 Å². The number of aryl methyl sites for hydroxylation is 3. The molecule has 3 aromatic rings. The second-order valence-corrected chi connectivity index (χ2v) is 9.87. The topological polar surface area (TPSA) is 58.6 Å². The molecule has 1 aliphatic rings. The highest BCUT2D eigenvalue weighted by Crippen LogP contribution is 2.51. The number of carbonyl (C=O) groups is 2. The van der Waals surface area contributed by atoms with E-state index in [4.69, 9.17) is 4.74 Å². The van der Waals surface area contributed by atoms with Gasteiger partial charge in [-0.25, -0.2) is 0 Å². The van der Waals surface area contributed by atoms with Crippen molar-refractivity contribution in [1.29, 1.82) is 0 Å². The number of hydrogen-bond acceptors (Lipinski definition) is 5. The summed E-state index contributed by atoms with van der Waals surface area (Å²) in [5, 5.41) is 2.11. The quantitative estimate of drug-likeness (QED) is 0.289. The molecule has 1 heterocycles. The van der Waals surface area contributed by atoms with Crippen molar-refractivity contribution < 1.29 is 27.5 Å². The molecule has 0 aliphatic carbocycles. The number of ether oxygens (including phenoxy) is 1. The predicted molar refractivity (Wildman–Crippen MR) is 143 cm³/mol. The van der Waals surface area contributed by atoms with E-state index in [-0.39, 0.29) is 27.4 Å². The zero-order chi connectivity index (χ0) is 27.8. The number of anilines is 1. The summed E-state index contributed by atoms with van der Waals surface area (Å²) in [6.07, 6.45) is -3.44. The number of amides is 1. The minimum absolute atomic E-state index is 0.101. The maximum Gasteiger partial charge on any atom is 0.435 e. The Bertz CT molecular complexity index is 1420. The Kier molecular flexibility index (Phi) is 7.34. The van der Waals surface area contributed by atoms with Gasteiger partial charge in [-0.05, 0) is 62.4 Å². The van der Waals surface area contributed by atoms with Crippen LogP contribution in [0.25, 0.3) is 0 Å². The van der Waals surface area contributed by atoms with Crippen molar-refractivity contribution in [3.8, 4) is 5.75 Å². The lowest BCUT2D eigenvalue weighted by Gasteiger charge is -2.50. The molecule has 38 heavy (non-hydrogen) atoms. The van der Waals surface area contributed by atoms with Crippen molar-refractivity contribution in [2.24, 2.45) is 0 Å². The monoisotopic (exact) mass is 540 g/mol. The van der Waals surface area contributed by atoms with Crippen LogP contribution in [0.4, 0.5) is 18.9 Å². The highest BCUT2D eigenvalue weighted by atomic mass is 32.2. The fourth-order valence-electron chi connectivity index (χ4n) is 4.46. The summed E-state index contributed by atoms with van der Waals surface area (Å²) >= 11 is 0.917. The first kappa shape index (κ1) is 27.3. The number of nitrogens with one attached hydrogen (secondary N) is 1. The van der Waals surface area contributed by atoms with Crippen molar-refractivity contribution in [1.82, 2.24) is 5.32 Å². The van der Waals surface area contributed by atoms with Crippen LogP contribution in [0.1, 0.15) is 32.6 Å². The minimum Gasteiger partial charge on any atom is -0.497 e. The Labute approximate surface area is 223 Å². The summed E-state index contributed by atoms with van der Waals surface area (Å²) in [6, 6.07) is 16.8. The molecule has 0 bridgehead atoms. The molecule has 5 nitrogen and oxygen atoms in total. The molecule has 1 unspecified atom stereocenters. The first-order chi connectivity index (χ1) is 17.9. The average molecular weight is 541 g/mol. The molecule has 0 spiro atoms. The number of benzene rings is 3. The van der Waals surface area contributed by atoms with Crippen molar-refractivity contribution in [2.45, 2.75) is 32.6 Å². The van der Waals surface area contributed by atoms with Gasteiger partial charge in [-0.2, -0.15) is 13.2 Å². The van der Waals surface area contributed by atoms with Crippen LogP contribution in [0.5, 0.6) is 5.75 Å². The van der Waals surface area contributed by atoms with Gasteiger partial charge in [-0.3, -0.25) is 14.5 Å². The van der Waals surface area contributed by atoms with Crippen LogP contribution in [0.2, 0.25) is 0 Å². The maximum atomic E-state index is 15.4. The number of methoxy groups -OCH3 is 1. The van der Waals surface area contributed by atoms with E-state index in [0.717, 1.165) is 33.4 Å². The van der Waals surface area contributed by atoms with Gasteiger partial charge in [0.15, 0.2) is 0 Å². The van der Waals surface area contributed by atoms with Crippen LogP contribution in [0, 0.1) is 20.8 Å². The van der Waals surface area contributed by atoms with Gasteiger partial charge >= 0.3 is 6.18 Å². The average Bonchev–Trinajstić information content (AvgIpc) is 2.89. The second kappa shape index (κ2) is 10.2. The van der Waals surface area contributed by atoms with E-state index in [2.05, 4.69) is 5.32 Å². The number of thioether (sulfide) groups is 1. The molecule has 0 fully saturated rings. The molecular weight excluding hydrogens is 513 g/mol. The lowest BCUT2D eigenvalue weighted by molar-refractivity contribution is -0.201. The third kappa shape index (κ3) is 4.55. The lowest BCUT2D eigenvalue weighted by atomic mass is 9.90. The summed E-state index contributed by atoms with van der Waals surface area (Å²) in [5.74, 6) is -1.40. The molecule has 1 amide bonds. The van der Waals surface area contributed by atoms with Crippen molar-refractivity contribution >= 4 is 29.1 Å². The van der Waals surface area contributed by atoms with Crippen LogP contribution in [-0.4, -0.2) is 31.2 Å². The van der Waals surface area contributed by atoms with Gasteiger partial charge in [0.2, 0.25) is 11.4 Å². The molecule has 1 atom stereocenters. The molecule has 0 saturated carbocycles. The molecule has 4 rings (SSSR count). The Morgan fingerprint density at radius 1 is 0.947 bits per heavy atom. The molecule has 1 aliphatic heterocycles. The molecule has 0 aromatic heterocycles. The Morgan fingerprint density at radius 3 is 2.11 bits per heavy atom. The lowest BCUT2D eigenvalue weighted by Crippen LogP contribution is -2.69. The highest BCUT2D eigenvalue weighted by molar-refractivity contribution is 8.02. The molecule has 3 aromatic carbocycles.